The second-order valence-electron chi connectivity index (χ2n) is 6.01. The molecule has 1 aliphatic rings. The predicted molar refractivity (Wildman–Crippen MR) is 99.4 cm³/mol. The summed E-state index contributed by atoms with van der Waals surface area (Å²) in [6.45, 7) is 2.13. The number of benzene rings is 2. The summed E-state index contributed by atoms with van der Waals surface area (Å²) in [5.41, 5.74) is 1.70. The summed E-state index contributed by atoms with van der Waals surface area (Å²) in [4.78, 5) is 2.56. The van der Waals surface area contributed by atoms with Gasteiger partial charge in [-0.05, 0) is 61.4 Å². The number of anilines is 2. The molecule has 0 radical (unpaired) electrons. The molecule has 2 aromatic carbocycles. The van der Waals surface area contributed by atoms with Gasteiger partial charge >= 0.3 is 0 Å². The van der Waals surface area contributed by atoms with E-state index >= 15 is 0 Å². The van der Waals surface area contributed by atoms with Gasteiger partial charge in [-0.2, -0.15) is 0 Å². The molecule has 0 atom stereocenters. The lowest BCUT2D eigenvalue weighted by Crippen LogP contribution is -2.23. The maximum absolute atomic E-state index is 12.4. The minimum absolute atomic E-state index is 0.198. The summed E-state index contributed by atoms with van der Waals surface area (Å²) in [6.07, 6.45) is 5.00. The number of hydrogen-bond acceptors (Lipinski definition) is 3. The molecule has 128 valence electrons. The maximum atomic E-state index is 12.4. The number of nitrogens with one attached hydrogen (secondary N) is 1. The molecule has 0 aromatic heterocycles. The Hall–Kier alpha value is -1.72. The van der Waals surface area contributed by atoms with Crippen molar-refractivity contribution in [3.05, 3.63) is 53.6 Å². The van der Waals surface area contributed by atoms with Gasteiger partial charge in [-0.1, -0.05) is 24.4 Å². The monoisotopic (exact) mass is 364 g/mol. The van der Waals surface area contributed by atoms with Crippen molar-refractivity contribution >= 4 is 33.0 Å². The molecule has 2 aromatic rings. The topological polar surface area (TPSA) is 49.4 Å². The first-order valence-electron chi connectivity index (χ1n) is 8.18. The van der Waals surface area contributed by atoms with E-state index in [4.69, 9.17) is 11.6 Å². The summed E-state index contributed by atoms with van der Waals surface area (Å²) < 4.78 is 27.4. The fourth-order valence-electron chi connectivity index (χ4n) is 2.90. The van der Waals surface area contributed by atoms with Crippen LogP contribution in [-0.2, 0) is 10.0 Å². The number of nitrogens with zero attached hydrogens (tertiary/aromatic N) is 1. The van der Waals surface area contributed by atoms with E-state index in [0.717, 1.165) is 18.8 Å². The molecule has 4 nitrogen and oxygen atoms in total. The van der Waals surface area contributed by atoms with E-state index in [-0.39, 0.29) is 4.90 Å². The molecule has 0 aliphatic carbocycles. The van der Waals surface area contributed by atoms with Gasteiger partial charge in [0.15, 0.2) is 0 Å². The maximum Gasteiger partial charge on any atom is 0.261 e. The molecule has 1 saturated heterocycles. The zero-order valence-electron chi connectivity index (χ0n) is 13.4. The molecule has 6 heteroatoms. The summed E-state index contributed by atoms with van der Waals surface area (Å²) in [5.74, 6) is 0. The Bertz CT molecular complexity index is 766. The number of rotatable bonds is 4. The molecule has 0 unspecified atom stereocenters. The van der Waals surface area contributed by atoms with E-state index in [1.807, 2.05) is 24.3 Å². The fraction of sp³-hybridized carbons (Fsp3) is 0.333. The highest BCUT2D eigenvalue weighted by Crippen LogP contribution is 2.23. The van der Waals surface area contributed by atoms with Crippen LogP contribution in [0, 0.1) is 0 Å². The van der Waals surface area contributed by atoms with Gasteiger partial charge in [-0.25, -0.2) is 8.42 Å². The molecule has 1 fully saturated rings. The Labute approximate surface area is 148 Å². The van der Waals surface area contributed by atoms with E-state index in [0.29, 0.717) is 10.7 Å². The largest absolute Gasteiger partial charge is 0.372 e. The van der Waals surface area contributed by atoms with E-state index in [1.54, 1.807) is 12.1 Å². The van der Waals surface area contributed by atoms with Crippen molar-refractivity contribution in [3.63, 3.8) is 0 Å². The lowest BCUT2D eigenvalue weighted by Gasteiger charge is -2.22. The minimum Gasteiger partial charge on any atom is -0.372 e. The molecule has 0 amide bonds. The molecular weight excluding hydrogens is 344 g/mol. The zero-order chi connectivity index (χ0) is 17.0. The van der Waals surface area contributed by atoms with Crippen molar-refractivity contribution in [2.75, 3.05) is 22.7 Å². The van der Waals surface area contributed by atoms with Crippen LogP contribution in [0.5, 0.6) is 0 Å². The average molecular weight is 365 g/mol. The quantitative estimate of drug-likeness (QED) is 0.867. The lowest BCUT2D eigenvalue weighted by molar-refractivity contribution is 0.601. The predicted octanol–water partition coefficient (Wildman–Crippen LogP) is 4.52. The Morgan fingerprint density at radius 2 is 1.42 bits per heavy atom. The standard InChI is InChI=1S/C18H21ClN2O2S/c19-15-5-11-18(12-6-15)24(22,23)20-16-7-9-17(10-8-16)21-13-3-1-2-4-14-21/h5-12,20H,1-4,13-14H2. The molecule has 1 N–H and O–H groups in total. The van der Waals surface area contributed by atoms with Crippen molar-refractivity contribution in [1.29, 1.82) is 0 Å². The number of hydrogen-bond donors (Lipinski definition) is 1. The Morgan fingerprint density at radius 3 is 2.00 bits per heavy atom. The molecule has 3 rings (SSSR count). The van der Waals surface area contributed by atoms with Crippen LogP contribution in [0.4, 0.5) is 11.4 Å². The van der Waals surface area contributed by atoms with Gasteiger partial charge in [0.05, 0.1) is 4.90 Å². The van der Waals surface area contributed by atoms with Crippen molar-refractivity contribution in [1.82, 2.24) is 0 Å². The second-order valence-corrected chi connectivity index (χ2v) is 8.13. The molecule has 1 heterocycles. The van der Waals surface area contributed by atoms with Gasteiger partial charge in [-0.15, -0.1) is 0 Å². The van der Waals surface area contributed by atoms with Crippen LogP contribution in [0.1, 0.15) is 25.7 Å². The van der Waals surface area contributed by atoms with Crippen LogP contribution >= 0.6 is 11.6 Å². The van der Waals surface area contributed by atoms with Gasteiger partial charge in [-0.3, -0.25) is 4.72 Å². The summed E-state index contributed by atoms with van der Waals surface area (Å²) in [6, 6.07) is 13.7. The van der Waals surface area contributed by atoms with E-state index in [2.05, 4.69) is 9.62 Å². The molecule has 0 saturated carbocycles. The van der Waals surface area contributed by atoms with Gasteiger partial charge in [0.1, 0.15) is 0 Å². The number of sulfonamides is 1. The molecule has 0 bridgehead atoms. The first-order chi connectivity index (χ1) is 11.5. The SMILES string of the molecule is O=S(=O)(Nc1ccc(N2CCCCCC2)cc1)c1ccc(Cl)cc1. The lowest BCUT2D eigenvalue weighted by atomic mass is 10.2. The van der Waals surface area contributed by atoms with Crippen molar-refractivity contribution in [2.45, 2.75) is 30.6 Å². The molecule has 24 heavy (non-hydrogen) atoms. The van der Waals surface area contributed by atoms with Crippen LogP contribution in [0.25, 0.3) is 0 Å². The Balaban J connectivity index is 1.72. The normalized spacial score (nSPS) is 15.8. The van der Waals surface area contributed by atoms with E-state index in [1.165, 1.54) is 37.8 Å². The highest BCUT2D eigenvalue weighted by Gasteiger charge is 2.15. The van der Waals surface area contributed by atoms with Crippen LogP contribution < -0.4 is 9.62 Å². The number of halogens is 1. The van der Waals surface area contributed by atoms with Gasteiger partial charge in [0.25, 0.3) is 10.0 Å². The minimum atomic E-state index is -3.60. The van der Waals surface area contributed by atoms with E-state index < -0.39 is 10.0 Å². The van der Waals surface area contributed by atoms with Crippen LogP contribution in [0.2, 0.25) is 5.02 Å². The van der Waals surface area contributed by atoms with Gasteiger partial charge in [0.2, 0.25) is 0 Å². The molecule has 1 aliphatic heterocycles. The van der Waals surface area contributed by atoms with Crippen molar-refractivity contribution in [3.8, 4) is 0 Å². The zero-order valence-corrected chi connectivity index (χ0v) is 15.0. The third-order valence-electron chi connectivity index (χ3n) is 4.21. The summed E-state index contributed by atoms with van der Waals surface area (Å²) >= 11 is 5.80. The van der Waals surface area contributed by atoms with Gasteiger partial charge < -0.3 is 4.90 Å². The first kappa shape index (κ1) is 17.1. The summed E-state index contributed by atoms with van der Waals surface area (Å²) in [5, 5.41) is 0.510. The van der Waals surface area contributed by atoms with Crippen molar-refractivity contribution in [2.24, 2.45) is 0 Å². The van der Waals surface area contributed by atoms with Gasteiger partial charge in [0, 0.05) is 29.5 Å². The highest BCUT2D eigenvalue weighted by molar-refractivity contribution is 7.92. The average Bonchev–Trinajstić information content (AvgIpc) is 2.85. The Kier molecular flexibility index (Phi) is 5.31. The van der Waals surface area contributed by atoms with Crippen LogP contribution in [0.15, 0.2) is 53.4 Å². The molecular formula is C18H21ClN2O2S. The molecule has 0 spiro atoms. The van der Waals surface area contributed by atoms with E-state index in [9.17, 15) is 8.42 Å². The second kappa shape index (κ2) is 7.45. The highest BCUT2D eigenvalue weighted by atomic mass is 35.5. The Morgan fingerprint density at radius 1 is 0.833 bits per heavy atom. The third kappa shape index (κ3) is 4.22. The first-order valence-corrected chi connectivity index (χ1v) is 10.0. The van der Waals surface area contributed by atoms with Crippen LogP contribution in [0.3, 0.4) is 0 Å². The van der Waals surface area contributed by atoms with Crippen molar-refractivity contribution < 1.29 is 8.42 Å². The van der Waals surface area contributed by atoms with Crippen LogP contribution in [-0.4, -0.2) is 21.5 Å². The smallest absolute Gasteiger partial charge is 0.261 e. The third-order valence-corrected chi connectivity index (χ3v) is 5.86. The summed E-state index contributed by atoms with van der Waals surface area (Å²) in [7, 11) is -3.60. The fourth-order valence-corrected chi connectivity index (χ4v) is 4.08.